The number of methoxy groups -OCH3 is 1. The van der Waals surface area contributed by atoms with Gasteiger partial charge in [0.05, 0.1) is 7.11 Å². The van der Waals surface area contributed by atoms with E-state index in [0.29, 0.717) is 29.5 Å². The quantitative estimate of drug-likeness (QED) is 0.509. The minimum Gasteiger partial charge on any atom is -0.497 e. The highest BCUT2D eigenvalue weighted by atomic mass is 16.5. The Labute approximate surface area is 186 Å². The molecule has 0 aliphatic heterocycles. The van der Waals surface area contributed by atoms with E-state index in [1.54, 1.807) is 7.11 Å². The van der Waals surface area contributed by atoms with Gasteiger partial charge < -0.3 is 4.74 Å². The fourth-order valence-electron chi connectivity index (χ4n) is 6.66. The highest BCUT2D eigenvalue weighted by molar-refractivity contribution is 6.06. The van der Waals surface area contributed by atoms with Crippen LogP contribution in [-0.2, 0) is 11.2 Å². The van der Waals surface area contributed by atoms with Crippen LogP contribution in [0.25, 0.3) is 6.08 Å². The molecule has 0 heterocycles. The highest BCUT2D eigenvalue weighted by Crippen LogP contribution is 2.60. The van der Waals surface area contributed by atoms with Gasteiger partial charge in [-0.05, 0) is 102 Å². The number of fused-ring (bicyclic) bond motifs is 5. The van der Waals surface area contributed by atoms with Crippen molar-refractivity contribution >= 4 is 11.9 Å². The van der Waals surface area contributed by atoms with Crippen LogP contribution in [0.4, 0.5) is 0 Å². The Balaban J connectivity index is 1.43. The molecule has 0 N–H and O–H groups in total. The molecule has 2 heteroatoms. The number of benzene rings is 2. The summed E-state index contributed by atoms with van der Waals surface area (Å²) in [4.78, 5) is 13.6. The van der Waals surface area contributed by atoms with E-state index in [-0.39, 0.29) is 5.41 Å². The first kappa shape index (κ1) is 20.5. The first-order valence-corrected chi connectivity index (χ1v) is 11.9. The van der Waals surface area contributed by atoms with Crippen molar-refractivity contribution in [1.82, 2.24) is 0 Å². The fourth-order valence-corrected chi connectivity index (χ4v) is 6.66. The Morgan fingerprint density at radius 1 is 1.10 bits per heavy atom. The van der Waals surface area contributed by atoms with E-state index in [1.165, 1.54) is 23.1 Å². The van der Waals surface area contributed by atoms with Gasteiger partial charge in [0.2, 0.25) is 0 Å². The van der Waals surface area contributed by atoms with E-state index < -0.39 is 0 Å². The molecule has 3 aliphatic carbocycles. The van der Waals surface area contributed by atoms with Crippen molar-refractivity contribution in [3.8, 4) is 5.75 Å². The largest absolute Gasteiger partial charge is 0.497 e. The second-order valence-corrected chi connectivity index (χ2v) is 10.5. The number of ketones is 1. The molecule has 2 aromatic rings. The molecule has 0 spiro atoms. The molecule has 0 bridgehead atoms. The number of hydrogen-bond donors (Lipinski definition) is 0. The lowest BCUT2D eigenvalue weighted by Crippen LogP contribution is -2.42. The third-order valence-electron chi connectivity index (χ3n) is 8.52. The molecular formula is C29H34O2. The van der Waals surface area contributed by atoms with E-state index in [0.717, 1.165) is 42.6 Å². The van der Waals surface area contributed by atoms with Gasteiger partial charge in [-0.25, -0.2) is 0 Å². The Morgan fingerprint density at radius 2 is 1.87 bits per heavy atom. The van der Waals surface area contributed by atoms with Crippen LogP contribution in [-0.4, -0.2) is 12.9 Å². The second kappa shape index (κ2) is 7.65. The van der Waals surface area contributed by atoms with Crippen LogP contribution >= 0.6 is 0 Å². The molecule has 162 valence electrons. The maximum Gasteiger partial charge on any atom is 0.165 e. The lowest BCUT2D eigenvalue weighted by atomic mass is 9.55. The molecule has 0 saturated heterocycles. The van der Waals surface area contributed by atoms with Gasteiger partial charge in [-0.3, -0.25) is 4.79 Å². The van der Waals surface area contributed by atoms with Gasteiger partial charge in [-0.15, -0.1) is 0 Å². The standard InChI is InChI=1S/C29H34O2/c1-18(2)20-7-5-19(6-8-20)15-22-17-27-26-11-9-21-16-23(31-4)10-12-24(21)25(26)13-14-29(27,3)28(22)30/h5-8,10,12,15-16,18,25-27H,9,11,13-14,17H2,1-4H3/b22-15+/t25-,26+,27+,29-/m0/s1. The summed E-state index contributed by atoms with van der Waals surface area (Å²) < 4.78 is 5.45. The molecule has 3 aliphatic rings. The van der Waals surface area contributed by atoms with Crippen molar-refractivity contribution < 1.29 is 9.53 Å². The third-order valence-corrected chi connectivity index (χ3v) is 8.52. The van der Waals surface area contributed by atoms with E-state index >= 15 is 0 Å². The second-order valence-electron chi connectivity index (χ2n) is 10.5. The molecule has 2 saturated carbocycles. The minimum atomic E-state index is -0.186. The van der Waals surface area contributed by atoms with Crippen LogP contribution in [0.5, 0.6) is 5.75 Å². The number of Topliss-reactive ketones (excluding diaryl/α,β-unsaturated/α-hetero) is 1. The van der Waals surface area contributed by atoms with Crippen LogP contribution in [0.3, 0.4) is 0 Å². The molecular weight excluding hydrogens is 380 g/mol. The van der Waals surface area contributed by atoms with Crippen molar-refractivity contribution in [2.75, 3.05) is 7.11 Å². The summed E-state index contributed by atoms with van der Waals surface area (Å²) in [7, 11) is 1.74. The number of carbonyl (C=O) groups excluding carboxylic acids is 1. The topological polar surface area (TPSA) is 26.3 Å². The predicted octanol–water partition coefficient (Wildman–Crippen LogP) is 6.94. The van der Waals surface area contributed by atoms with Gasteiger partial charge in [0.15, 0.2) is 5.78 Å². The zero-order valence-electron chi connectivity index (χ0n) is 19.3. The van der Waals surface area contributed by atoms with E-state index in [9.17, 15) is 4.79 Å². The lowest BCUT2D eigenvalue weighted by molar-refractivity contribution is -0.127. The number of ether oxygens (including phenoxy) is 1. The maximum atomic E-state index is 13.6. The number of allylic oxidation sites excluding steroid dienone is 1. The van der Waals surface area contributed by atoms with Crippen LogP contribution in [0.15, 0.2) is 48.0 Å². The van der Waals surface area contributed by atoms with Gasteiger partial charge in [0.25, 0.3) is 0 Å². The number of carbonyl (C=O) groups is 1. The Hall–Kier alpha value is -2.35. The molecule has 2 aromatic carbocycles. The molecule has 2 nitrogen and oxygen atoms in total. The highest BCUT2D eigenvalue weighted by Gasteiger charge is 2.56. The van der Waals surface area contributed by atoms with Crippen LogP contribution in [0.2, 0.25) is 0 Å². The van der Waals surface area contributed by atoms with Crippen molar-refractivity contribution in [2.24, 2.45) is 17.3 Å². The monoisotopic (exact) mass is 414 g/mol. The van der Waals surface area contributed by atoms with Crippen molar-refractivity contribution in [3.05, 3.63) is 70.3 Å². The van der Waals surface area contributed by atoms with Gasteiger partial charge in [-0.1, -0.05) is 51.1 Å². The van der Waals surface area contributed by atoms with Crippen LogP contribution in [0.1, 0.15) is 80.5 Å². The molecule has 0 radical (unpaired) electrons. The maximum absolute atomic E-state index is 13.6. The molecule has 31 heavy (non-hydrogen) atoms. The van der Waals surface area contributed by atoms with Gasteiger partial charge in [0.1, 0.15) is 5.75 Å². The molecule has 5 rings (SSSR count). The summed E-state index contributed by atoms with van der Waals surface area (Å²) >= 11 is 0. The number of rotatable bonds is 3. The van der Waals surface area contributed by atoms with Crippen molar-refractivity contribution in [2.45, 2.75) is 64.7 Å². The first-order valence-electron chi connectivity index (χ1n) is 11.9. The summed E-state index contributed by atoms with van der Waals surface area (Å²) in [5.74, 6) is 3.56. The number of aryl methyl sites for hydroxylation is 1. The molecule has 0 aromatic heterocycles. The Bertz CT molecular complexity index is 1030. The predicted molar refractivity (Wildman–Crippen MR) is 127 cm³/mol. The van der Waals surface area contributed by atoms with Crippen molar-refractivity contribution in [1.29, 1.82) is 0 Å². The average Bonchev–Trinajstić information content (AvgIpc) is 3.04. The van der Waals surface area contributed by atoms with E-state index in [2.05, 4.69) is 69.3 Å². The smallest absolute Gasteiger partial charge is 0.165 e. The average molecular weight is 415 g/mol. The minimum absolute atomic E-state index is 0.186. The zero-order valence-corrected chi connectivity index (χ0v) is 19.3. The summed E-state index contributed by atoms with van der Waals surface area (Å²) in [6.45, 7) is 6.69. The summed E-state index contributed by atoms with van der Waals surface area (Å²) in [6, 6.07) is 15.4. The van der Waals surface area contributed by atoms with Crippen molar-refractivity contribution in [3.63, 3.8) is 0 Å². The van der Waals surface area contributed by atoms with E-state index in [4.69, 9.17) is 4.74 Å². The molecule has 0 amide bonds. The molecule has 2 fully saturated rings. The summed E-state index contributed by atoms with van der Waals surface area (Å²) in [5, 5.41) is 0. The first-order chi connectivity index (χ1) is 14.9. The Kier molecular flexibility index (Phi) is 5.07. The summed E-state index contributed by atoms with van der Waals surface area (Å²) in [6.07, 6.45) is 7.53. The normalized spacial score (nSPS) is 30.8. The van der Waals surface area contributed by atoms with Gasteiger partial charge in [0, 0.05) is 5.41 Å². The van der Waals surface area contributed by atoms with Gasteiger partial charge >= 0.3 is 0 Å². The number of hydrogen-bond acceptors (Lipinski definition) is 2. The van der Waals surface area contributed by atoms with Crippen LogP contribution < -0.4 is 4.74 Å². The Morgan fingerprint density at radius 3 is 2.58 bits per heavy atom. The van der Waals surface area contributed by atoms with E-state index in [1.807, 2.05) is 0 Å². The van der Waals surface area contributed by atoms with Gasteiger partial charge in [-0.2, -0.15) is 0 Å². The lowest BCUT2D eigenvalue weighted by Gasteiger charge is -2.48. The SMILES string of the molecule is COc1ccc2c(c1)CC[C@H]1[C@H]3C/C(=C\c4ccc(C(C)C)cc4)C(=O)[C@@]3(C)CC[C@@H]21. The van der Waals surface area contributed by atoms with Crippen LogP contribution in [0, 0.1) is 17.3 Å². The molecule has 0 unspecified atom stereocenters. The summed E-state index contributed by atoms with van der Waals surface area (Å²) in [5.41, 5.74) is 6.33. The fraction of sp³-hybridized carbons (Fsp3) is 0.483. The zero-order chi connectivity index (χ0) is 21.8. The third kappa shape index (κ3) is 3.35. The molecule has 4 atom stereocenters.